The third-order valence-electron chi connectivity index (χ3n) is 25.8. The maximum absolute atomic E-state index is 14.1. The van der Waals surface area contributed by atoms with Crippen molar-refractivity contribution in [3.8, 4) is 5.75 Å². The topological polar surface area (TPSA) is 481 Å². The number of rotatable bonds is 23. The number of nitrogens with one attached hydrogen (secondary N) is 5. The Morgan fingerprint density at radius 3 is 1.08 bits per heavy atom. The molecular weight excluding hydrogens is 1960 g/mol. The summed E-state index contributed by atoms with van der Waals surface area (Å²) in [5.41, 5.74) is 0.974. The molecule has 752 valence electrons. The highest BCUT2D eigenvalue weighted by molar-refractivity contribution is 7.90. The highest BCUT2D eigenvalue weighted by Gasteiger charge is 2.60. The standard InChI is InChI=1S/C27H29N5O7S2.C23H25N3O7S2.C22H25N3O4S.C20H21Cl2N3O4S.4CH4/c1-18(33)20-3-7-23(8-4-20)40(36,37)31-13-11-27(12-14-31)30-26(35)25(15-22-16-28-17-29-22)32(27)41(38,39)24-9-5-21(6-10-24)19(2)34;1-16(27)18-3-7-20(8-4-18)34(30,31)25-13-11-23(12-14-25)24-22(29)15-26(23)35(32,33)21-9-5-19(6-10-21)17(2)28;1-17(26)19-7-9-20(10-8-19)30(28,29)24-13-11-22(12-14-24)23-15-21(27)25(22)16-18-5-3-2-4-6-18;21-16-10-15(11-17(22)19(16)27)30(28,29)25-8-6-20(7-9-25)23-18(26)13-24(20)12-14-4-2-1-3-5-14;;;;/h3-10,16-17,25H,11-15H2,1-2H3,(H,28,29)(H,30,35);3-10H,11-15H2,1-2H3,(H,24,29);2-10,23H,11-16H2,1H3;1-5,10-11,27H,6-9,12-13H2,(H,23,26);4*1H4. The normalized spacial score (nSPS) is 18.9. The number of imidazole rings is 1. The summed E-state index contributed by atoms with van der Waals surface area (Å²) >= 11 is 11.8. The van der Waals surface area contributed by atoms with Gasteiger partial charge in [0.25, 0.3) is 0 Å². The van der Waals surface area contributed by atoms with Crippen molar-refractivity contribution in [3.05, 3.63) is 261 Å². The number of nitrogens with zero attached hydrogens (tertiary/aromatic N) is 9. The van der Waals surface area contributed by atoms with E-state index in [0.29, 0.717) is 85.4 Å². The van der Waals surface area contributed by atoms with Crippen LogP contribution in [-0.2, 0) is 98.8 Å². The van der Waals surface area contributed by atoms with Crippen molar-refractivity contribution < 1.29 is 98.8 Å². The Morgan fingerprint density at radius 1 is 0.393 bits per heavy atom. The van der Waals surface area contributed by atoms with Gasteiger partial charge in [-0.3, -0.25) is 53.4 Å². The third-order valence-corrected chi connectivity index (χ3v) is 37.9. The molecule has 36 nitrogen and oxygen atoms in total. The molecule has 1 unspecified atom stereocenters. The Labute approximate surface area is 827 Å². The number of H-pyrrole nitrogens is 1. The zero-order valence-corrected chi connectivity index (χ0v) is 80.9. The monoisotopic (exact) mass is 2080 g/mol. The summed E-state index contributed by atoms with van der Waals surface area (Å²) < 4.78 is 168. The predicted octanol–water partition coefficient (Wildman–Crippen LogP) is 10.5. The number of amides is 4. The molecule has 8 aromatic carbocycles. The van der Waals surface area contributed by atoms with Gasteiger partial charge in [0, 0.05) is 112 Å². The first kappa shape index (κ1) is 111. The van der Waals surface area contributed by atoms with Crippen LogP contribution < -0.4 is 21.3 Å². The van der Waals surface area contributed by atoms with Crippen LogP contribution in [0.4, 0.5) is 0 Å². The molecule has 8 aliphatic rings. The van der Waals surface area contributed by atoms with E-state index in [4.69, 9.17) is 23.2 Å². The number of carbonyl (C=O) groups is 9. The van der Waals surface area contributed by atoms with Gasteiger partial charge in [-0.15, -0.1) is 0 Å². The molecule has 8 fully saturated rings. The number of hydrogen-bond acceptors (Lipinski definition) is 25. The minimum atomic E-state index is -4.29. The van der Waals surface area contributed by atoms with Crippen LogP contribution >= 0.6 is 23.2 Å². The van der Waals surface area contributed by atoms with Crippen molar-refractivity contribution in [3.63, 3.8) is 0 Å². The zero-order chi connectivity index (χ0) is 98.0. The number of phenols is 1. The quantitative estimate of drug-likeness (QED) is 0.0324. The molecule has 0 saturated carbocycles. The molecular formula is C96H116Cl2N14O22S6. The molecule has 9 heterocycles. The number of piperidine rings is 4. The Bertz CT molecular complexity index is 6810. The number of Topliss-reactive ketones (excluding diaryl/α,β-unsaturated/α-hetero) is 5. The SMILES string of the molecule is C.C.C.C.CC(=O)c1ccc(S(=O)(=O)N2CCC3(CC2)NC(=O)C(Cc2cnc[nH]2)N3S(=O)(=O)c2ccc(C(C)=O)cc2)cc1.CC(=O)c1ccc(S(=O)(=O)N2CCC3(CC2)NC(=O)CN3S(=O)(=O)c2ccc(C(C)=O)cc2)cc1.CC(=O)c1ccc(S(=O)(=O)N2CCC3(CC2)NCC(=O)N3Cc2ccccc2)cc1.O=C1CN(Cc2ccccc2)C2(CCN(S(=O)(=O)c3cc(Cl)c(O)c(Cl)c3)CC2)N1. The molecule has 8 saturated heterocycles. The summed E-state index contributed by atoms with van der Waals surface area (Å²) in [5.74, 6) is -2.22. The van der Waals surface area contributed by atoms with Crippen LogP contribution in [0.15, 0.2) is 236 Å². The molecule has 8 aliphatic heterocycles. The van der Waals surface area contributed by atoms with E-state index in [-0.39, 0.29) is 207 Å². The van der Waals surface area contributed by atoms with Crippen molar-refractivity contribution >= 4 is 136 Å². The fourth-order valence-electron chi connectivity index (χ4n) is 18.1. The van der Waals surface area contributed by atoms with Crippen LogP contribution in [-0.4, -0.2) is 254 Å². The number of ketones is 5. The van der Waals surface area contributed by atoms with Gasteiger partial charge in [0.1, 0.15) is 17.4 Å². The lowest BCUT2D eigenvalue weighted by atomic mass is 9.96. The Balaban J connectivity index is 0.000000192. The van der Waals surface area contributed by atoms with Gasteiger partial charge in [-0.2, -0.15) is 25.8 Å². The molecule has 0 aliphatic carbocycles. The fraction of sp³-hybridized carbons (Fsp3) is 0.375. The van der Waals surface area contributed by atoms with Crippen LogP contribution in [0.5, 0.6) is 5.75 Å². The highest BCUT2D eigenvalue weighted by Crippen LogP contribution is 2.44. The third kappa shape index (κ3) is 23.2. The second-order valence-electron chi connectivity index (χ2n) is 34.2. The summed E-state index contributed by atoms with van der Waals surface area (Å²) in [6.45, 7) is 9.27. The number of sulfonamides is 6. The average Bonchev–Trinajstić information content (AvgIpc) is 1.56. The number of halogens is 2. The van der Waals surface area contributed by atoms with Gasteiger partial charge in [0.05, 0.1) is 76.7 Å². The average molecular weight is 2080 g/mol. The van der Waals surface area contributed by atoms with Gasteiger partial charge in [-0.25, -0.2) is 55.5 Å². The second kappa shape index (κ2) is 44.2. The second-order valence-corrected chi connectivity index (χ2v) is 46.5. The summed E-state index contributed by atoms with van der Waals surface area (Å²) in [5, 5.41) is 21.5. The number of benzene rings is 8. The van der Waals surface area contributed by atoms with E-state index < -0.39 is 101 Å². The fourth-order valence-corrected chi connectivity index (χ4v) is 28.2. The molecule has 140 heavy (non-hydrogen) atoms. The van der Waals surface area contributed by atoms with Crippen molar-refractivity contribution in [1.82, 2.24) is 66.9 Å². The number of aromatic hydroxyl groups is 1. The maximum Gasteiger partial charge on any atom is 0.245 e. The van der Waals surface area contributed by atoms with E-state index in [0.717, 1.165) is 19.7 Å². The van der Waals surface area contributed by atoms with Crippen LogP contribution in [0.25, 0.3) is 0 Å². The number of phenolic OH excluding ortho intramolecular Hbond substituents is 1. The molecule has 1 atom stereocenters. The minimum Gasteiger partial charge on any atom is -0.505 e. The summed E-state index contributed by atoms with van der Waals surface area (Å²) in [6.07, 6.45) is 5.09. The lowest BCUT2D eigenvalue weighted by Crippen LogP contribution is -2.61. The molecule has 44 heteroatoms. The number of aromatic nitrogens is 2. The lowest BCUT2D eigenvalue weighted by Gasteiger charge is -2.44. The van der Waals surface area contributed by atoms with Gasteiger partial charge in [-0.1, -0.05) is 174 Å². The van der Waals surface area contributed by atoms with E-state index in [1.54, 1.807) is 12.1 Å². The first-order valence-electron chi connectivity index (χ1n) is 43.4. The van der Waals surface area contributed by atoms with Gasteiger partial charge in [0.15, 0.2) is 34.7 Å². The summed E-state index contributed by atoms with van der Waals surface area (Å²) in [6, 6.07) is 49.3. The van der Waals surface area contributed by atoms with E-state index >= 15 is 0 Å². The van der Waals surface area contributed by atoms with Crippen LogP contribution in [0.1, 0.15) is 184 Å². The van der Waals surface area contributed by atoms with Gasteiger partial charge >= 0.3 is 0 Å². The molecule has 17 rings (SSSR count). The van der Waals surface area contributed by atoms with E-state index in [1.807, 2.05) is 65.6 Å². The predicted molar refractivity (Wildman–Crippen MR) is 525 cm³/mol. The van der Waals surface area contributed by atoms with Crippen LogP contribution in [0.2, 0.25) is 10.0 Å². The largest absolute Gasteiger partial charge is 0.505 e. The molecule has 4 spiro atoms. The van der Waals surface area contributed by atoms with Gasteiger partial charge < -0.3 is 30.9 Å². The first-order chi connectivity index (χ1) is 64.2. The Hall–Kier alpha value is -11.0. The van der Waals surface area contributed by atoms with Crippen LogP contribution in [0, 0.1) is 0 Å². The highest BCUT2D eigenvalue weighted by atomic mass is 35.5. The van der Waals surface area contributed by atoms with E-state index in [9.17, 15) is 98.8 Å². The van der Waals surface area contributed by atoms with Crippen molar-refractivity contribution in [2.45, 2.75) is 193 Å². The molecule has 4 amide bonds. The lowest BCUT2D eigenvalue weighted by molar-refractivity contribution is -0.132. The van der Waals surface area contributed by atoms with Gasteiger partial charge in [0.2, 0.25) is 83.8 Å². The molecule has 0 radical (unpaired) electrons. The molecule has 1 aromatic heterocycles. The molecule has 9 aromatic rings. The van der Waals surface area contributed by atoms with Gasteiger partial charge in [-0.05, 0) is 170 Å². The number of aromatic amines is 1. The van der Waals surface area contributed by atoms with Crippen LogP contribution in [0.3, 0.4) is 0 Å². The summed E-state index contributed by atoms with van der Waals surface area (Å²) in [7, 11) is -23.7. The first-order valence-corrected chi connectivity index (χ1v) is 52.8. The number of hydrogen-bond donors (Lipinski definition) is 6. The summed E-state index contributed by atoms with van der Waals surface area (Å²) in [4.78, 5) is 119. The number of carbonyl (C=O) groups excluding carboxylic acids is 9. The Morgan fingerprint density at radius 2 is 0.714 bits per heavy atom. The zero-order valence-electron chi connectivity index (χ0n) is 74.5. The molecule has 0 bridgehead atoms. The van der Waals surface area contributed by atoms with Crippen molar-refractivity contribution in [2.75, 3.05) is 72.0 Å². The minimum absolute atomic E-state index is 0. The van der Waals surface area contributed by atoms with E-state index in [1.165, 1.54) is 186 Å². The maximum atomic E-state index is 14.1. The van der Waals surface area contributed by atoms with E-state index in [2.05, 4.69) is 36.1 Å². The van der Waals surface area contributed by atoms with Crippen molar-refractivity contribution in [2.24, 2.45) is 0 Å². The smallest absolute Gasteiger partial charge is 0.245 e. The van der Waals surface area contributed by atoms with Crippen molar-refractivity contribution in [1.29, 1.82) is 0 Å². The Kier molecular flexibility index (Phi) is 35.0. The molecule has 6 N–H and O–H groups in total.